The molecule has 0 saturated carbocycles. The molecule has 0 unspecified atom stereocenters. The third-order valence-electron chi connectivity index (χ3n) is 4.66. The number of carbonyl (C=O) groups is 1. The largest absolute Gasteiger partial charge is 0.357 e. The molecule has 1 atom stereocenters. The van der Waals surface area contributed by atoms with Crippen molar-refractivity contribution in [1.29, 1.82) is 0 Å². The zero-order chi connectivity index (χ0) is 19.5. The van der Waals surface area contributed by atoms with Crippen molar-refractivity contribution in [2.75, 3.05) is 7.05 Å². The van der Waals surface area contributed by atoms with Crippen LogP contribution in [0.15, 0.2) is 60.9 Å². The van der Waals surface area contributed by atoms with Gasteiger partial charge in [0.05, 0.1) is 6.54 Å². The van der Waals surface area contributed by atoms with E-state index in [1.807, 2.05) is 36.4 Å². The molecular formula is C20H19FN6O. The third-order valence-corrected chi connectivity index (χ3v) is 4.66. The Bertz CT molecular complexity index is 1080. The van der Waals surface area contributed by atoms with Crippen LogP contribution in [0.4, 0.5) is 4.39 Å². The average Bonchev–Trinajstić information content (AvgIpc) is 3.35. The number of amides is 1. The molecule has 2 aromatic heterocycles. The van der Waals surface area contributed by atoms with E-state index in [2.05, 4.69) is 20.5 Å². The quantitative estimate of drug-likeness (QED) is 0.559. The number of aromatic nitrogens is 5. The number of H-pyrrole nitrogens is 1. The van der Waals surface area contributed by atoms with E-state index in [4.69, 9.17) is 0 Å². The second-order valence-corrected chi connectivity index (χ2v) is 6.72. The van der Waals surface area contributed by atoms with Gasteiger partial charge < -0.3 is 9.88 Å². The number of nitrogens with zero attached hydrogens (tertiary/aromatic N) is 5. The predicted octanol–water partition coefficient (Wildman–Crippen LogP) is 2.74. The van der Waals surface area contributed by atoms with Gasteiger partial charge in [0.1, 0.15) is 18.2 Å². The van der Waals surface area contributed by atoms with Crippen LogP contribution in [0.25, 0.3) is 10.9 Å². The van der Waals surface area contributed by atoms with Gasteiger partial charge in [-0.25, -0.2) is 9.07 Å². The number of hydrogen-bond acceptors (Lipinski definition) is 4. The molecule has 1 N–H and O–H groups in total. The lowest BCUT2D eigenvalue weighted by molar-refractivity contribution is -0.134. The number of benzene rings is 2. The summed E-state index contributed by atoms with van der Waals surface area (Å²) in [6, 6.07) is 15.6. The molecule has 0 saturated heterocycles. The molecule has 0 aliphatic carbocycles. The molecule has 4 aromatic rings. The van der Waals surface area contributed by atoms with Gasteiger partial charge in [-0.15, -0.1) is 5.10 Å². The van der Waals surface area contributed by atoms with Gasteiger partial charge in [0, 0.05) is 30.1 Å². The van der Waals surface area contributed by atoms with E-state index < -0.39 is 6.04 Å². The summed E-state index contributed by atoms with van der Waals surface area (Å²) in [6.45, 7) is 0.364. The van der Waals surface area contributed by atoms with E-state index >= 15 is 0 Å². The van der Waals surface area contributed by atoms with Crippen molar-refractivity contribution >= 4 is 16.8 Å². The molecule has 7 nitrogen and oxygen atoms in total. The number of likely N-dealkylation sites (N-methyl/N-ethyl adjacent to an activating group) is 1. The van der Waals surface area contributed by atoms with Crippen molar-refractivity contribution in [3.63, 3.8) is 0 Å². The minimum absolute atomic E-state index is 0.110. The third kappa shape index (κ3) is 3.75. The summed E-state index contributed by atoms with van der Waals surface area (Å²) in [5.41, 5.74) is 2.68. The van der Waals surface area contributed by atoms with E-state index in [-0.39, 0.29) is 11.7 Å². The zero-order valence-electron chi connectivity index (χ0n) is 15.3. The summed E-state index contributed by atoms with van der Waals surface area (Å²) in [7, 11) is 1.73. The summed E-state index contributed by atoms with van der Waals surface area (Å²) in [4.78, 5) is 18.0. The fraction of sp³-hybridized carbons (Fsp3) is 0.200. The minimum Gasteiger partial charge on any atom is -0.357 e. The second-order valence-electron chi connectivity index (χ2n) is 6.72. The average molecular weight is 378 g/mol. The molecule has 0 aliphatic rings. The van der Waals surface area contributed by atoms with Crippen LogP contribution in [0, 0.1) is 5.82 Å². The van der Waals surface area contributed by atoms with Crippen LogP contribution in [0.3, 0.4) is 0 Å². The predicted molar refractivity (Wildman–Crippen MR) is 102 cm³/mol. The highest BCUT2D eigenvalue weighted by Gasteiger charge is 2.26. The number of carbonyl (C=O) groups excluding carboxylic acids is 1. The molecule has 0 bridgehead atoms. The Balaban J connectivity index is 1.55. The zero-order valence-corrected chi connectivity index (χ0v) is 15.3. The first-order valence-corrected chi connectivity index (χ1v) is 8.88. The fourth-order valence-corrected chi connectivity index (χ4v) is 3.28. The maximum atomic E-state index is 13.4. The van der Waals surface area contributed by atoms with Crippen molar-refractivity contribution in [3.05, 3.63) is 78.0 Å². The number of hydrogen-bond donors (Lipinski definition) is 1. The van der Waals surface area contributed by atoms with Gasteiger partial charge in [-0.3, -0.25) is 4.79 Å². The van der Waals surface area contributed by atoms with Crippen LogP contribution < -0.4 is 0 Å². The molecule has 0 fully saturated rings. The molecule has 142 valence electrons. The Morgan fingerprint density at radius 2 is 2.04 bits per heavy atom. The molecule has 0 spiro atoms. The highest BCUT2D eigenvalue weighted by molar-refractivity contribution is 5.82. The van der Waals surface area contributed by atoms with E-state index in [1.165, 1.54) is 23.1 Å². The van der Waals surface area contributed by atoms with E-state index in [9.17, 15) is 9.18 Å². The lowest BCUT2D eigenvalue weighted by Gasteiger charge is -2.23. The first-order chi connectivity index (χ1) is 13.6. The van der Waals surface area contributed by atoms with Crippen LogP contribution in [-0.2, 0) is 17.8 Å². The van der Waals surface area contributed by atoms with Crippen molar-refractivity contribution in [1.82, 2.24) is 30.1 Å². The highest BCUT2D eigenvalue weighted by atomic mass is 19.1. The van der Waals surface area contributed by atoms with E-state index in [0.717, 1.165) is 22.2 Å². The molecular weight excluding hydrogens is 359 g/mol. The van der Waals surface area contributed by atoms with Crippen molar-refractivity contribution < 1.29 is 9.18 Å². The summed E-state index contributed by atoms with van der Waals surface area (Å²) in [5.74, 6) is -0.398. The van der Waals surface area contributed by atoms with Crippen molar-refractivity contribution in [3.8, 4) is 0 Å². The number of tetrazole rings is 1. The number of halogens is 1. The fourth-order valence-electron chi connectivity index (χ4n) is 3.28. The smallest absolute Gasteiger partial charge is 0.248 e. The number of rotatable bonds is 6. The number of aromatic amines is 1. The number of nitrogens with one attached hydrogen (secondary N) is 1. The van der Waals surface area contributed by atoms with E-state index in [0.29, 0.717) is 13.0 Å². The molecule has 1 amide bonds. The Morgan fingerprint density at radius 1 is 1.21 bits per heavy atom. The molecule has 2 heterocycles. The monoisotopic (exact) mass is 378 g/mol. The van der Waals surface area contributed by atoms with Crippen LogP contribution in [0.1, 0.15) is 17.3 Å². The molecule has 2 aromatic carbocycles. The van der Waals surface area contributed by atoms with Gasteiger partial charge >= 0.3 is 0 Å². The number of fused-ring (bicyclic) bond motifs is 1. The lowest BCUT2D eigenvalue weighted by Crippen LogP contribution is -2.35. The van der Waals surface area contributed by atoms with Crippen LogP contribution in [0.2, 0.25) is 0 Å². The van der Waals surface area contributed by atoms with Crippen LogP contribution >= 0.6 is 0 Å². The Labute approximate surface area is 160 Å². The summed E-state index contributed by atoms with van der Waals surface area (Å²) in [6.07, 6.45) is 1.93. The van der Waals surface area contributed by atoms with Gasteiger partial charge in [-0.2, -0.15) is 0 Å². The normalized spacial score (nSPS) is 12.2. The Morgan fingerprint density at radius 3 is 2.79 bits per heavy atom. The van der Waals surface area contributed by atoms with Crippen LogP contribution in [-0.4, -0.2) is 43.0 Å². The summed E-state index contributed by atoms with van der Waals surface area (Å²) >= 11 is 0. The van der Waals surface area contributed by atoms with Gasteiger partial charge in [-0.1, -0.05) is 30.3 Å². The van der Waals surface area contributed by atoms with E-state index in [1.54, 1.807) is 18.0 Å². The highest BCUT2D eigenvalue weighted by Crippen LogP contribution is 2.20. The summed E-state index contributed by atoms with van der Waals surface area (Å²) in [5, 5.41) is 12.0. The Hall–Kier alpha value is -3.55. The first kappa shape index (κ1) is 17.8. The van der Waals surface area contributed by atoms with Gasteiger partial charge in [-0.05, 0) is 40.3 Å². The topological polar surface area (TPSA) is 79.7 Å². The summed E-state index contributed by atoms with van der Waals surface area (Å²) < 4.78 is 14.9. The maximum Gasteiger partial charge on any atom is 0.248 e. The first-order valence-electron chi connectivity index (χ1n) is 8.88. The van der Waals surface area contributed by atoms with Crippen molar-refractivity contribution in [2.45, 2.75) is 19.0 Å². The molecule has 0 aliphatic heterocycles. The Kier molecular flexibility index (Phi) is 4.84. The SMILES string of the molecule is CN(Cc1cc2cc(F)ccc2[nH]1)C(=O)[C@@H](Cc1ccccc1)n1cnnn1. The molecule has 4 rings (SSSR count). The molecule has 0 radical (unpaired) electrons. The van der Waals surface area contributed by atoms with Crippen molar-refractivity contribution in [2.24, 2.45) is 0 Å². The van der Waals surface area contributed by atoms with Crippen LogP contribution in [0.5, 0.6) is 0 Å². The standard InChI is InChI=1S/C20H19FN6O/c1-26(12-17-11-15-10-16(21)7-8-18(15)23-17)20(28)19(27-13-22-24-25-27)9-14-5-3-2-4-6-14/h2-8,10-11,13,19,23H,9,12H2,1H3/t19-/m1/s1. The molecule has 28 heavy (non-hydrogen) atoms. The lowest BCUT2D eigenvalue weighted by atomic mass is 10.1. The second kappa shape index (κ2) is 7.59. The minimum atomic E-state index is -0.552. The van der Waals surface area contributed by atoms with Gasteiger partial charge in [0.25, 0.3) is 0 Å². The van der Waals surface area contributed by atoms with Gasteiger partial charge in [0.2, 0.25) is 5.91 Å². The van der Waals surface area contributed by atoms with Gasteiger partial charge in [0.15, 0.2) is 0 Å². The molecule has 8 heteroatoms. The maximum absolute atomic E-state index is 13.4.